The molecule has 1 aromatic heterocycles. The van der Waals surface area contributed by atoms with Crippen LogP contribution in [-0.4, -0.2) is 9.55 Å². The van der Waals surface area contributed by atoms with Crippen molar-refractivity contribution >= 4 is 34.8 Å². The van der Waals surface area contributed by atoms with E-state index in [1.54, 1.807) is 12.4 Å². The van der Waals surface area contributed by atoms with Crippen LogP contribution < -0.4 is 0 Å². The molecule has 2 aromatic rings. The van der Waals surface area contributed by atoms with Crippen LogP contribution in [0.15, 0.2) is 30.7 Å². The number of halogens is 3. The minimum atomic E-state index is 0.418. The van der Waals surface area contributed by atoms with Crippen molar-refractivity contribution in [2.24, 2.45) is 0 Å². The summed E-state index contributed by atoms with van der Waals surface area (Å²) in [5.74, 6) is 0.418. The first-order chi connectivity index (χ1) is 7.69. The zero-order chi connectivity index (χ0) is 11.5. The zero-order valence-electron chi connectivity index (χ0n) is 8.33. The molecule has 84 valence electrons. The maximum atomic E-state index is 6.08. The monoisotopic (exact) mass is 274 g/mol. The van der Waals surface area contributed by atoms with Crippen LogP contribution in [-0.2, 0) is 12.4 Å². The van der Waals surface area contributed by atoms with Crippen LogP contribution in [0.25, 0.3) is 0 Å². The van der Waals surface area contributed by atoms with Crippen molar-refractivity contribution in [2.75, 3.05) is 0 Å². The van der Waals surface area contributed by atoms with Gasteiger partial charge in [-0.25, -0.2) is 4.98 Å². The minimum Gasteiger partial charge on any atom is -0.333 e. The second-order valence-corrected chi connectivity index (χ2v) is 4.52. The minimum absolute atomic E-state index is 0.418. The van der Waals surface area contributed by atoms with E-state index in [-0.39, 0.29) is 0 Å². The number of hydrogen-bond acceptors (Lipinski definition) is 1. The van der Waals surface area contributed by atoms with E-state index in [0.717, 1.165) is 11.3 Å². The Balaban J connectivity index is 2.20. The van der Waals surface area contributed by atoms with Gasteiger partial charge in [-0.3, -0.25) is 0 Å². The van der Waals surface area contributed by atoms with Crippen LogP contribution in [0.2, 0.25) is 10.0 Å². The average Bonchev–Trinajstić information content (AvgIpc) is 2.70. The summed E-state index contributed by atoms with van der Waals surface area (Å²) < 4.78 is 1.94. The Morgan fingerprint density at radius 1 is 1.25 bits per heavy atom. The number of alkyl halides is 1. The Kier molecular flexibility index (Phi) is 3.74. The molecule has 1 heterocycles. The highest BCUT2D eigenvalue weighted by Gasteiger charge is 2.03. The van der Waals surface area contributed by atoms with Crippen LogP contribution in [0.3, 0.4) is 0 Å². The SMILES string of the molecule is ClCc1cn(Cc2ccc(Cl)cc2Cl)cn1. The van der Waals surface area contributed by atoms with Gasteiger partial charge < -0.3 is 4.57 Å². The standard InChI is InChI=1S/C11H9Cl3N2/c12-4-10-6-16(7-15-10)5-8-1-2-9(13)3-11(8)14/h1-3,6-7H,4-5H2. The Labute approximate surface area is 109 Å². The van der Waals surface area contributed by atoms with Gasteiger partial charge in [0.2, 0.25) is 0 Å². The van der Waals surface area contributed by atoms with Gasteiger partial charge in [-0.1, -0.05) is 29.3 Å². The molecule has 0 fully saturated rings. The molecule has 0 bridgehead atoms. The molecule has 2 nitrogen and oxygen atoms in total. The Bertz CT molecular complexity index is 494. The lowest BCUT2D eigenvalue weighted by Crippen LogP contribution is -1.97. The number of aromatic nitrogens is 2. The molecular formula is C11H9Cl3N2. The van der Waals surface area contributed by atoms with Crippen LogP contribution in [0, 0.1) is 0 Å². The first-order valence-electron chi connectivity index (χ1n) is 4.69. The van der Waals surface area contributed by atoms with Gasteiger partial charge in [0.05, 0.1) is 17.9 Å². The summed E-state index contributed by atoms with van der Waals surface area (Å²) in [5.41, 5.74) is 1.86. The first kappa shape index (κ1) is 11.8. The van der Waals surface area contributed by atoms with Gasteiger partial charge in [0, 0.05) is 22.8 Å². The van der Waals surface area contributed by atoms with Crippen LogP contribution in [0.1, 0.15) is 11.3 Å². The van der Waals surface area contributed by atoms with Gasteiger partial charge in [-0.05, 0) is 17.7 Å². The molecule has 0 unspecified atom stereocenters. The normalized spacial score (nSPS) is 10.7. The Morgan fingerprint density at radius 3 is 2.69 bits per heavy atom. The molecule has 0 spiro atoms. The van der Waals surface area contributed by atoms with Gasteiger partial charge >= 0.3 is 0 Å². The van der Waals surface area contributed by atoms with Crippen molar-refractivity contribution in [3.63, 3.8) is 0 Å². The average molecular weight is 276 g/mol. The number of hydrogen-bond donors (Lipinski definition) is 0. The lowest BCUT2D eigenvalue weighted by molar-refractivity contribution is 0.797. The highest BCUT2D eigenvalue weighted by Crippen LogP contribution is 2.21. The van der Waals surface area contributed by atoms with Crippen molar-refractivity contribution in [1.29, 1.82) is 0 Å². The molecule has 5 heteroatoms. The predicted octanol–water partition coefficient (Wildman–Crippen LogP) is 3.98. The number of benzene rings is 1. The van der Waals surface area contributed by atoms with Crippen LogP contribution in [0.4, 0.5) is 0 Å². The van der Waals surface area contributed by atoms with E-state index in [2.05, 4.69) is 4.98 Å². The van der Waals surface area contributed by atoms with Crippen LogP contribution >= 0.6 is 34.8 Å². The Morgan fingerprint density at radius 2 is 2.06 bits per heavy atom. The second kappa shape index (κ2) is 5.09. The summed E-state index contributed by atoms with van der Waals surface area (Å²) in [7, 11) is 0. The summed E-state index contributed by atoms with van der Waals surface area (Å²) in [6.07, 6.45) is 3.64. The lowest BCUT2D eigenvalue weighted by Gasteiger charge is -2.05. The van der Waals surface area contributed by atoms with Crippen molar-refractivity contribution < 1.29 is 0 Å². The smallest absolute Gasteiger partial charge is 0.0953 e. The van der Waals surface area contributed by atoms with Crippen molar-refractivity contribution in [3.05, 3.63) is 52.0 Å². The van der Waals surface area contributed by atoms with E-state index in [1.165, 1.54) is 0 Å². The maximum Gasteiger partial charge on any atom is 0.0953 e. The first-order valence-corrected chi connectivity index (χ1v) is 5.98. The van der Waals surface area contributed by atoms with Crippen molar-refractivity contribution in [2.45, 2.75) is 12.4 Å². The molecule has 16 heavy (non-hydrogen) atoms. The molecular weight excluding hydrogens is 266 g/mol. The van der Waals surface area contributed by atoms with Gasteiger partial charge in [0.15, 0.2) is 0 Å². The molecule has 0 N–H and O–H groups in total. The largest absolute Gasteiger partial charge is 0.333 e. The summed E-state index contributed by atoms with van der Waals surface area (Å²) in [5, 5.41) is 1.30. The zero-order valence-corrected chi connectivity index (χ0v) is 10.6. The van der Waals surface area contributed by atoms with Gasteiger partial charge in [-0.15, -0.1) is 11.6 Å². The van der Waals surface area contributed by atoms with E-state index in [0.29, 0.717) is 22.5 Å². The summed E-state index contributed by atoms with van der Waals surface area (Å²) in [6.45, 7) is 0.667. The van der Waals surface area contributed by atoms with Crippen LogP contribution in [0.5, 0.6) is 0 Å². The lowest BCUT2D eigenvalue weighted by atomic mass is 10.2. The third-order valence-corrected chi connectivity index (χ3v) is 3.05. The fourth-order valence-electron chi connectivity index (χ4n) is 1.41. The fourth-order valence-corrected chi connectivity index (χ4v) is 2.01. The van der Waals surface area contributed by atoms with Crippen molar-refractivity contribution in [1.82, 2.24) is 9.55 Å². The molecule has 1 aromatic carbocycles. The van der Waals surface area contributed by atoms with E-state index >= 15 is 0 Å². The van der Waals surface area contributed by atoms with E-state index in [4.69, 9.17) is 34.8 Å². The maximum absolute atomic E-state index is 6.08. The summed E-state index contributed by atoms with van der Waals surface area (Å²) in [6, 6.07) is 5.46. The molecule has 0 atom stereocenters. The quantitative estimate of drug-likeness (QED) is 0.775. The molecule has 0 aliphatic rings. The number of nitrogens with zero attached hydrogens (tertiary/aromatic N) is 2. The molecule has 0 aliphatic heterocycles. The van der Waals surface area contributed by atoms with Gasteiger partial charge in [0.25, 0.3) is 0 Å². The molecule has 0 saturated heterocycles. The molecule has 0 saturated carbocycles. The second-order valence-electron chi connectivity index (χ2n) is 3.41. The highest BCUT2D eigenvalue weighted by atomic mass is 35.5. The van der Waals surface area contributed by atoms with Gasteiger partial charge in [0.1, 0.15) is 0 Å². The predicted molar refractivity (Wildman–Crippen MR) is 67.3 cm³/mol. The molecule has 0 radical (unpaired) electrons. The summed E-state index contributed by atoms with van der Waals surface area (Å²) >= 11 is 17.6. The van der Waals surface area contributed by atoms with E-state index in [9.17, 15) is 0 Å². The molecule has 0 aliphatic carbocycles. The highest BCUT2D eigenvalue weighted by molar-refractivity contribution is 6.35. The van der Waals surface area contributed by atoms with Crippen molar-refractivity contribution in [3.8, 4) is 0 Å². The molecule has 0 amide bonds. The fraction of sp³-hybridized carbons (Fsp3) is 0.182. The van der Waals surface area contributed by atoms with E-state index in [1.807, 2.05) is 22.9 Å². The topological polar surface area (TPSA) is 17.8 Å². The number of rotatable bonds is 3. The summed E-state index contributed by atoms with van der Waals surface area (Å²) in [4.78, 5) is 4.14. The third-order valence-electron chi connectivity index (χ3n) is 2.19. The number of imidazole rings is 1. The molecule has 2 rings (SSSR count). The third kappa shape index (κ3) is 2.70. The van der Waals surface area contributed by atoms with Gasteiger partial charge in [-0.2, -0.15) is 0 Å². The van der Waals surface area contributed by atoms with E-state index < -0.39 is 0 Å². The Hall–Kier alpha value is -0.700.